The van der Waals surface area contributed by atoms with Gasteiger partial charge in [0.2, 0.25) is 5.91 Å². The van der Waals surface area contributed by atoms with Crippen LogP contribution in [0.15, 0.2) is 47.4 Å². The third-order valence-electron chi connectivity index (χ3n) is 3.79. The number of carbonyl (C=O) groups excluding carboxylic acids is 2. The van der Waals surface area contributed by atoms with E-state index in [9.17, 15) is 9.59 Å². The zero-order valence-electron chi connectivity index (χ0n) is 14.2. The molecule has 2 N–H and O–H groups in total. The molecule has 26 heavy (non-hydrogen) atoms. The van der Waals surface area contributed by atoms with E-state index < -0.39 is 0 Å². The number of amides is 2. The molecule has 3 aromatic rings. The van der Waals surface area contributed by atoms with Crippen LogP contribution in [0.5, 0.6) is 0 Å². The maximum Gasteiger partial charge on any atom is 0.254 e. The fraction of sp³-hybridized carbons (Fsp3) is 0.294. The molecule has 3 rings (SSSR count). The van der Waals surface area contributed by atoms with Crippen molar-refractivity contribution in [1.29, 1.82) is 0 Å². The number of carbonyl (C=O) groups is 2. The second kappa shape index (κ2) is 8.52. The zero-order valence-corrected chi connectivity index (χ0v) is 15.0. The van der Waals surface area contributed by atoms with Crippen molar-refractivity contribution in [2.24, 2.45) is 0 Å². The molecule has 3 heterocycles. The number of hydrogen-bond donors (Lipinski definition) is 2. The third kappa shape index (κ3) is 4.23. The van der Waals surface area contributed by atoms with Crippen LogP contribution in [0.25, 0.3) is 5.65 Å². The Labute approximate surface area is 154 Å². The number of furan rings is 1. The van der Waals surface area contributed by atoms with Gasteiger partial charge in [0.15, 0.2) is 11.5 Å². The van der Waals surface area contributed by atoms with E-state index in [1.54, 1.807) is 11.8 Å². The molecular weight excluding hydrogens is 354 g/mol. The van der Waals surface area contributed by atoms with Gasteiger partial charge in [0.05, 0.1) is 24.4 Å². The molecule has 1 atom stereocenters. The molecule has 0 saturated heterocycles. The number of rotatable bonds is 8. The van der Waals surface area contributed by atoms with Crippen molar-refractivity contribution in [3.05, 3.63) is 54.4 Å². The maximum atomic E-state index is 12.3. The van der Waals surface area contributed by atoms with Crippen molar-refractivity contribution in [3.8, 4) is 0 Å². The van der Waals surface area contributed by atoms with E-state index in [-0.39, 0.29) is 24.4 Å². The minimum Gasteiger partial charge on any atom is -0.472 e. The van der Waals surface area contributed by atoms with Gasteiger partial charge in [-0.15, -0.1) is 10.2 Å². The summed E-state index contributed by atoms with van der Waals surface area (Å²) in [7, 11) is 0. The highest BCUT2D eigenvalue weighted by molar-refractivity contribution is 7.98. The summed E-state index contributed by atoms with van der Waals surface area (Å²) in [5, 5.41) is 13.9. The minimum absolute atomic E-state index is 0.128. The highest BCUT2D eigenvalue weighted by Crippen LogP contribution is 2.18. The smallest absolute Gasteiger partial charge is 0.254 e. The Bertz CT molecular complexity index is 878. The molecule has 0 aliphatic carbocycles. The van der Waals surface area contributed by atoms with Gasteiger partial charge in [0.25, 0.3) is 5.91 Å². The summed E-state index contributed by atoms with van der Waals surface area (Å²) in [5.41, 5.74) is 1.10. The van der Waals surface area contributed by atoms with Crippen LogP contribution in [-0.4, -0.2) is 45.0 Å². The molecule has 0 radical (unpaired) electrons. The highest BCUT2D eigenvalue weighted by Gasteiger charge is 2.20. The molecule has 0 aliphatic heterocycles. The molecular formula is C17H19N5O3S. The van der Waals surface area contributed by atoms with Crippen LogP contribution >= 0.6 is 11.8 Å². The van der Waals surface area contributed by atoms with Crippen LogP contribution < -0.4 is 10.6 Å². The average molecular weight is 373 g/mol. The number of aromatic nitrogens is 3. The molecule has 8 nitrogen and oxygen atoms in total. The molecule has 2 amide bonds. The van der Waals surface area contributed by atoms with E-state index >= 15 is 0 Å². The molecule has 0 fully saturated rings. The van der Waals surface area contributed by atoms with Gasteiger partial charge >= 0.3 is 0 Å². The largest absolute Gasteiger partial charge is 0.472 e. The Morgan fingerprint density at radius 1 is 1.31 bits per heavy atom. The molecule has 136 valence electrons. The normalized spacial score (nSPS) is 12.0. The van der Waals surface area contributed by atoms with Crippen LogP contribution in [0, 0.1) is 0 Å². The van der Waals surface area contributed by atoms with Crippen LogP contribution in [0.3, 0.4) is 0 Å². The molecule has 9 heteroatoms. The number of pyridine rings is 1. The molecule has 0 saturated carbocycles. The quantitative estimate of drug-likeness (QED) is 0.623. The maximum absolute atomic E-state index is 12.3. The van der Waals surface area contributed by atoms with Crippen molar-refractivity contribution < 1.29 is 14.0 Å². The molecule has 3 aromatic heterocycles. The van der Waals surface area contributed by atoms with Crippen molar-refractivity contribution in [3.63, 3.8) is 0 Å². The summed E-state index contributed by atoms with van der Waals surface area (Å²) in [6.07, 6.45) is 7.31. The van der Waals surface area contributed by atoms with Gasteiger partial charge in [-0.05, 0) is 36.6 Å². The van der Waals surface area contributed by atoms with Gasteiger partial charge in [-0.2, -0.15) is 11.8 Å². The van der Waals surface area contributed by atoms with Gasteiger partial charge in [0.1, 0.15) is 6.26 Å². The molecule has 1 unspecified atom stereocenters. The standard InChI is InChI=1S/C17H19N5O3S/c1-26-9-6-13(16-21-20-14-4-2-3-7-22(14)16)19-15(23)10-18-17(24)12-5-8-25-11-12/h2-5,7-8,11,13H,6,9-10H2,1H3,(H,18,24)(H,19,23). The lowest BCUT2D eigenvalue weighted by Crippen LogP contribution is -2.39. The van der Waals surface area contributed by atoms with Crippen LogP contribution in [0.4, 0.5) is 0 Å². The van der Waals surface area contributed by atoms with E-state index in [0.717, 1.165) is 11.4 Å². The van der Waals surface area contributed by atoms with Crippen LogP contribution in [0.1, 0.15) is 28.6 Å². The van der Waals surface area contributed by atoms with E-state index in [1.165, 1.54) is 18.6 Å². The van der Waals surface area contributed by atoms with Crippen LogP contribution in [-0.2, 0) is 4.79 Å². The first kappa shape index (κ1) is 18.0. The summed E-state index contributed by atoms with van der Waals surface area (Å²) >= 11 is 1.69. The molecule has 0 bridgehead atoms. The Balaban J connectivity index is 1.66. The predicted molar refractivity (Wildman–Crippen MR) is 97.9 cm³/mol. The van der Waals surface area contributed by atoms with Crippen molar-refractivity contribution in [1.82, 2.24) is 25.2 Å². The van der Waals surface area contributed by atoms with E-state index in [1.807, 2.05) is 35.1 Å². The first-order valence-corrected chi connectivity index (χ1v) is 9.47. The van der Waals surface area contributed by atoms with Gasteiger partial charge in [-0.3, -0.25) is 14.0 Å². The topological polar surface area (TPSA) is 102 Å². The van der Waals surface area contributed by atoms with Gasteiger partial charge < -0.3 is 15.1 Å². The fourth-order valence-electron chi connectivity index (χ4n) is 2.50. The minimum atomic E-state index is -0.359. The number of nitrogens with zero attached hydrogens (tertiary/aromatic N) is 3. The van der Waals surface area contributed by atoms with E-state index in [0.29, 0.717) is 17.8 Å². The van der Waals surface area contributed by atoms with Crippen LogP contribution in [0.2, 0.25) is 0 Å². The highest BCUT2D eigenvalue weighted by atomic mass is 32.2. The molecule has 0 aliphatic rings. The zero-order chi connectivity index (χ0) is 18.4. The average Bonchev–Trinajstić information content (AvgIpc) is 3.33. The Morgan fingerprint density at radius 3 is 2.96 bits per heavy atom. The first-order valence-electron chi connectivity index (χ1n) is 8.07. The summed E-state index contributed by atoms with van der Waals surface area (Å²) in [4.78, 5) is 24.2. The Kier molecular flexibility index (Phi) is 5.90. The Hall–Kier alpha value is -2.81. The number of fused-ring (bicyclic) bond motifs is 1. The summed E-state index contributed by atoms with van der Waals surface area (Å²) in [5.74, 6) is 0.876. The van der Waals surface area contributed by atoms with Crippen molar-refractivity contribution in [2.45, 2.75) is 12.5 Å². The second-order valence-corrected chi connectivity index (χ2v) is 6.57. The molecule has 0 spiro atoms. The SMILES string of the molecule is CSCCC(NC(=O)CNC(=O)c1ccoc1)c1nnc2ccccn12. The summed E-state index contributed by atoms with van der Waals surface area (Å²) in [6.45, 7) is -0.128. The van der Waals surface area contributed by atoms with Crippen molar-refractivity contribution >= 4 is 29.2 Å². The summed E-state index contributed by atoms with van der Waals surface area (Å²) < 4.78 is 6.72. The second-order valence-electron chi connectivity index (χ2n) is 5.58. The lowest BCUT2D eigenvalue weighted by Gasteiger charge is -2.17. The van der Waals surface area contributed by atoms with Crippen molar-refractivity contribution in [2.75, 3.05) is 18.6 Å². The molecule has 0 aromatic carbocycles. The van der Waals surface area contributed by atoms with Gasteiger partial charge in [-0.25, -0.2) is 0 Å². The number of hydrogen-bond acceptors (Lipinski definition) is 6. The Morgan fingerprint density at radius 2 is 2.19 bits per heavy atom. The van der Waals surface area contributed by atoms with E-state index in [4.69, 9.17) is 4.42 Å². The number of nitrogens with one attached hydrogen (secondary N) is 2. The first-order chi connectivity index (χ1) is 12.7. The third-order valence-corrected chi connectivity index (χ3v) is 4.43. The summed E-state index contributed by atoms with van der Waals surface area (Å²) in [6, 6.07) is 6.87. The monoisotopic (exact) mass is 373 g/mol. The van der Waals surface area contributed by atoms with E-state index in [2.05, 4.69) is 20.8 Å². The predicted octanol–water partition coefficient (Wildman–Crippen LogP) is 1.66. The fourth-order valence-corrected chi connectivity index (χ4v) is 2.97. The number of thioether (sulfide) groups is 1. The van der Waals surface area contributed by atoms with Gasteiger partial charge in [0, 0.05) is 6.20 Å². The lowest BCUT2D eigenvalue weighted by molar-refractivity contribution is -0.121. The van der Waals surface area contributed by atoms with Gasteiger partial charge in [-0.1, -0.05) is 6.07 Å². The lowest BCUT2D eigenvalue weighted by atomic mass is 10.2.